The van der Waals surface area contributed by atoms with E-state index in [1.54, 1.807) is 6.07 Å². The Morgan fingerprint density at radius 3 is 2.96 bits per heavy atom. The predicted octanol–water partition coefficient (Wildman–Crippen LogP) is 3.56. The maximum atomic E-state index is 12.7. The van der Waals surface area contributed by atoms with Crippen LogP contribution in [0.1, 0.15) is 5.56 Å². The number of nitrogens with one attached hydrogen (secondary N) is 2. The Bertz CT molecular complexity index is 1200. The van der Waals surface area contributed by atoms with Crippen molar-refractivity contribution >= 4 is 49.1 Å². The minimum Gasteiger partial charge on any atom is -0.316 e. The molecule has 3 heterocycles. The number of halogens is 1. The summed E-state index contributed by atoms with van der Waals surface area (Å²) in [6, 6.07) is 8.80. The molecular formula is C18H14BrN5O2S. The SMILES string of the molecule is Cc1csc(NC(=O)Cn2c(=O)ccc3cc(Br)ccc32)c1-c1ncn[nH]1. The lowest BCUT2D eigenvalue weighted by Gasteiger charge is -2.11. The molecule has 7 nitrogen and oxygen atoms in total. The molecule has 0 atom stereocenters. The largest absolute Gasteiger partial charge is 0.316 e. The molecule has 4 rings (SSSR count). The lowest BCUT2D eigenvalue weighted by molar-refractivity contribution is -0.116. The number of hydrogen-bond donors (Lipinski definition) is 2. The minimum absolute atomic E-state index is 0.0788. The molecule has 4 aromatic rings. The van der Waals surface area contributed by atoms with Gasteiger partial charge in [0, 0.05) is 10.5 Å². The summed E-state index contributed by atoms with van der Waals surface area (Å²) in [6.45, 7) is 1.86. The molecular weight excluding hydrogens is 430 g/mol. The average Bonchev–Trinajstić information content (AvgIpc) is 3.27. The Morgan fingerprint density at radius 1 is 1.33 bits per heavy atom. The molecule has 3 aromatic heterocycles. The number of H-pyrrole nitrogens is 1. The van der Waals surface area contributed by atoms with Gasteiger partial charge in [0.05, 0.1) is 11.1 Å². The molecule has 0 saturated heterocycles. The number of aryl methyl sites for hydroxylation is 1. The van der Waals surface area contributed by atoms with Gasteiger partial charge in [-0.05, 0) is 47.5 Å². The number of aromatic nitrogens is 4. The summed E-state index contributed by atoms with van der Waals surface area (Å²) in [4.78, 5) is 29.1. The molecule has 0 fully saturated rings. The van der Waals surface area contributed by atoms with Gasteiger partial charge in [0.15, 0.2) is 5.82 Å². The Hall–Kier alpha value is -2.78. The van der Waals surface area contributed by atoms with Crippen molar-refractivity contribution in [3.63, 3.8) is 0 Å². The molecule has 0 unspecified atom stereocenters. The third-order valence-corrected chi connectivity index (χ3v) is 5.64. The van der Waals surface area contributed by atoms with Crippen LogP contribution in [0.3, 0.4) is 0 Å². The van der Waals surface area contributed by atoms with Gasteiger partial charge in [0.25, 0.3) is 5.56 Å². The van der Waals surface area contributed by atoms with E-state index in [0.29, 0.717) is 16.3 Å². The van der Waals surface area contributed by atoms with Crippen molar-refractivity contribution in [2.75, 3.05) is 5.32 Å². The first kappa shape index (κ1) is 17.6. The van der Waals surface area contributed by atoms with E-state index in [-0.39, 0.29) is 18.0 Å². The van der Waals surface area contributed by atoms with Crippen LogP contribution in [0.2, 0.25) is 0 Å². The van der Waals surface area contributed by atoms with E-state index in [1.165, 1.54) is 28.3 Å². The molecule has 1 amide bonds. The monoisotopic (exact) mass is 443 g/mol. The maximum absolute atomic E-state index is 12.7. The second-order valence-corrected chi connectivity index (χ2v) is 7.76. The Kier molecular flexibility index (Phi) is 4.63. The Morgan fingerprint density at radius 2 is 2.19 bits per heavy atom. The van der Waals surface area contributed by atoms with Gasteiger partial charge in [-0.25, -0.2) is 4.98 Å². The normalized spacial score (nSPS) is 11.0. The number of amides is 1. The van der Waals surface area contributed by atoms with Crippen LogP contribution in [0.5, 0.6) is 0 Å². The molecule has 1 aromatic carbocycles. The molecule has 0 radical (unpaired) electrons. The Balaban J connectivity index is 1.64. The molecule has 27 heavy (non-hydrogen) atoms. The number of thiophene rings is 1. The van der Waals surface area contributed by atoms with Crippen LogP contribution in [0.25, 0.3) is 22.3 Å². The zero-order valence-electron chi connectivity index (χ0n) is 14.2. The molecule has 0 aliphatic carbocycles. The van der Waals surface area contributed by atoms with Crippen LogP contribution in [0.4, 0.5) is 5.00 Å². The van der Waals surface area contributed by atoms with Gasteiger partial charge in [0.2, 0.25) is 5.91 Å². The summed E-state index contributed by atoms with van der Waals surface area (Å²) >= 11 is 4.83. The summed E-state index contributed by atoms with van der Waals surface area (Å²) < 4.78 is 2.38. The number of nitrogens with zero attached hydrogens (tertiary/aromatic N) is 3. The van der Waals surface area contributed by atoms with Gasteiger partial charge in [-0.15, -0.1) is 11.3 Å². The van der Waals surface area contributed by atoms with Crippen LogP contribution in [0.15, 0.2) is 51.3 Å². The van der Waals surface area contributed by atoms with Crippen molar-refractivity contribution in [3.05, 3.63) is 62.4 Å². The molecule has 9 heteroatoms. The van der Waals surface area contributed by atoms with E-state index in [9.17, 15) is 9.59 Å². The van der Waals surface area contributed by atoms with E-state index in [4.69, 9.17) is 0 Å². The fraction of sp³-hybridized carbons (Fsp3) is 0.111. The fourth-order valence-electron chi connectivity index (χ4n) is 2.90. The first-order valence-electron chi connectivity index (χ1n) is 8.06. The van der Waals surface area contributed by atoms with Crippen molar-refractivity contribution in [2.45, 2.75) is 13.5 Å². The van der Waals surface area contributed by atoms with Crippen molar-refractivity contribution in [2.24, 2.45) is 0 Å². The van der Waals surface area contributed by atoms with E-state index in [0.717, 1.165) is 21.0 Å². The van der Waals surface area contributed by atoms with Gasteiger partial charge in [-0.2, -0.15) is 5.10 Å². The van der Waals surface area contributed by atoms with E-state index in [1.807, 2.05) is 30.5 Å². The van der Waals surface area contributed by atoms with Gasteiger partial charge in [-0.1, -0.05) is 15.9 Å². The average molecular weight is 444 g/mol. The first-order valence-corrected chi connectivity index (χ1v) is 9.73. The lowest BCUT2D eigenvalue weighted by Crippen LogP contribution is -2.27. The summed E-state index contributed by atoms with van der Waals surface area (Å²) in [5.74, 6) is 0.311. The molecule has 0 bridgehead atoms. The Labute approximate surface area is 166 Å². The highest BCUT2D eigenvalue weighted by Gasteiger charge is 2.16. The smallest absolute Gasteiger partial charge is 0.251 e. The maximum Gasteiger partial charge on any atom is 0.251 e. The second-order valence-electron chi connectivity index (χ2n) is 5.97. The molecule has 0 spiro atoms. The second kappa shape index (κ2) is 7.09. The summed E-state index contributed by atoms with van der Waals surface area (Å²) in [5.41, 5.74) is 2.27. The third kappa shape index (κ3) is 3.43. The van der Waals surface area contributed by atoms with Crippen LogP contribution >= 0.6 is 27.3 Å². The number of benzene rings is 1. The standard InChI is InChI=1S/C18H14BrN5O2S/c1-10-8-27-18(16(10)17-20-9-21-23-17)22-14(25)7-24-13-4-3-12(19)6-11(13)2-5-15(24)26/h2-6,8-9H,7H2,1H3,(H,22,25)(H,20,21,23). The number of carbonyl (C=O) groups is 1. The van der Waals surface area contributed by atoms with E-state index in [2.05, 4.69) is 36.4 Å². The number of pyridine rings is 1. The molecule has 136 valence electrons. The number of aromatic amines is 1. The number of fused-ring (bicyclic) bond motifs is 1. The highest BCUT2D eigenvalue weighted by molar-refractivity contribution is 9.10. The van der Waals surface area contributed by atoms with E-state index < -0.39 is 0 Å². The zero-order chi connectivity index (χ0) is 19.0. The number of anilines is 1. The topological polar surface area (TPSA) is 92.7 Å². The molecule has 2 N–H and O–H groups in total. The van der Waals surface area contributed by atoms with Gasteiger partial charge >= 0.3 is 0 Å². The van der Waals surface area contributed by atoms with Crippen molar-refractivity contribution in [1.29, 1.82) is 0 Å². The zero-order valence-corrected chi connectivity index (χ0v) is 16.6. The molecule has 0 aliphatic rings. The summed E-state index contributed by atoms with van der Waals surface area (Å²) in [7, 11) is 0. The van der Waals surface area contributed by atoms with Crippen LogP contribution in [0, 0.1) is 6.92 Å². The molecule has 0 saturated carbocycles. The van der Waals surface area contributed by atoms with Crippen LogP contribution in [-0.2, 0) is 11.3 Å². The van der Waals surface area contributed by atoms with Gasteiger partial charge in [0.1, 0.15) is 17.9 Å². The number of hydrogen-bond acceptors (Lipinski definition) is 5. The van der Waals surface area contributed by atoms with Crippen LogP contribution < -0.4 is 10.9 Å². The summed E-state index contributed by atoms with van der Waals surface area (Å²) in [6.07, 6.45) is 1.42. The van der Waals surface area contributed by atoms with Crippen molar-refractivity contribution in [3.8, 4) is 11.4 Å². The number of carbonyl (C=O) groups excluding carboxylic acids is 1. The van der Waals surface area contributed by atoms with Gasteiger partial charge in [-0.3, -0.25) is 19.3 Å². The number of rotatable bonds is 4. The lowest BCUT2D eigenvalue weighted by atomic mass is 10.2. The summed E-state index contributed by atoms with van der Waals surface area (Å²) in [5, 5.41) is 13.1. The third-order valence-electron chi connectivity index (χ3n) is 4.13. The van der Waals surface area contributed by atoms with Crippen molar-refractivity contribution < 1.29 is 4.79 Å². The van der Waals surface area contributed by atoms with Crippen LogP contribution in [-0.4, -0.2) is 25.7 Å². The molecule has 0 aliphatic heterocycles. The first-order chi connectivity index (χ1) is 13.0. The highest BCUT2D eigenvalue weighted by Crippen LogP contribution is 2.34. The minimum atomic E-state index is -0.282. The highest BCUT2D eigenvalue weighted by atomic mass is 79.9. The van der Waals surface area contributed by atoms with E-state index >= 15 is 0 Å². The van der Waals surface area contributed by atoms with Crippen molar-refractivity contribution in [1.82, 2.24) is 19.7 Å². The predicted molar refractivity (Wildman–Crippen MR) is 109 cm³/mol. The quantitative estimate of drug-likeness (QED) is 0.504. The van der Waals surface area contributed by atoms with Gasteiger partial charge < -0.3 is 5.32 Å². The fourth-order valence-corrected chi connectivity index (χ4v) is 4.24.